The minimum atomic E-state index is 0.604. The van der Waals surface area contributed by atoms with Gasteiger partial charge < -0.3 is 9.47 Å². The monoisotopic (exact) mass is 406 g/mol. The standard InChI is InChI=1S/C28H38O2/c1-2-22(6-8-24-11-15-26(16-12-24)18-28-20-30-28)4-3-21(1)5-7-23-9-13-25(14-10-23)17-27-19-29-27/h1-8,23-28H,9-20H2/b7-5+,8-6+. The predicted molar refractivity (Wildman–Crippen MR) is 124 cm³/mol. The van der Waals surface area contributed by atoms with Crippen molar-refractivity contribution in [2.75, 3.05) is 13.2 Å². The molecule has 2 aliphatic heterocycles. The summed E-state index contributed by atoms with van der Waals surface area (Å²) in [6.45, 7) is 2.03. The topological polar surface area (TPSA) is 25.1 Å². The molecule has 2 heterocycles. The van der Waals surface area contributed by atoms with Crippen molar-refractivity contribution in [3.63, 3.8) is 0 Å². The Balaban J connectivity index is 1.04. The summed E-state index contributed by atoms with van der Waals surface area (Å²) in [6.07, 6.45) is 24.4. The molecule has 2 atom stereocenters. The first-order valence-electron chi connectivity index (χ1n) is 12.5. The number of epoxide rings is 2. The van der Waals surface area contributed by atoms with Crippen LogP contribution in [0.4, 0.5) is 0 Å². The quantitative estimate of drug-likeness (QED) is 0.439. The zero-order valence-electron chi connectivity index (χ0n) is 18.4. The maximum atomic E-state index is 5.40. The second-order valence-corrected chi connectivity index (χ2v) is 10.3. The number of allylic oxidation sites excluding steroid dienone is 2. The lowest BCUT2D eigenvalue weighted by Gasteiger charge is -2.26. The fraction of sp³-hybridized carbons (Fsp3) is 0.643. The highest BCUT2D eigenvalue weighted by Gasteiger charge is 2.29. The minimum Gasteiger partial charge on any atom is -0.373 e. The van der Waals surface area contributed by atoms with E-state index >= 15 is 0 Å². The average Bonchev–Trinajstić information content (AvgIpc) is 3.71. The van der Waals surface area contributed by atoms with Crippen molar-refractivity contribution in [1.82, 2.24) is 0 Å². The van der Waals surface area contributed by atoms with Gasteiger partial charge >= 0.3 is 0 Å². The highest BCUT2D eigenvalue weighted by atomic mass is 16.6. The molecule has 4 fully saturated rings. The van der Waals surface area contributed by atoms with E-state index in [4.69, 9.17) is 9.47 Å². The summed E-state index contributed by atoms with van der Waals surface area (Å²) >= 11 is 0. The molecule has 0 spiro atoms. The summed E-state index contributed by atoms with van der Waals surface area (Å²) in [5.41, 5.74) is 2.67. The molecule has 162 valence electrons. The summed E-state index contributed by atoms with van der Waals surface area (Å²) < 4.78 is 10.8. The number of rotatable bonds is 8. The van der Waals surface area contributed by atoms with Gasteiger partial charge in [0.1, 0.15) is 0 Å². The highest BCUT2D eigenvalue weighted by molar-refractivity contribution is 5.56. The van der Waals surface area contributed by atoms with Crippen LogP contribution in [0.25, 0.3) is 12.2 Å². The molecule has 5 rings (SSSR count). The van der Waals surface area contributed by atoms with Gasteiger partial charge in [-0.05, 0) is 99.0 Å². The molecule has 0 bridgehead atoms. The maximum Gasteiger partial charge on any atom is 0.0812 e. The lowest BCUT2D eigenvalue weighted by Crippen LogP contribution is -2.14. The summed E-state index contributed by atoms with van der Waals surface area (Å²) in [5.74, 6) is 3.36. The molecule has 2 nitrogen and oxygen atoms in total. The maximum absolute atomic E-state index is 5.40. The van der Waals surface area contributed by atoms with Crippen LogP contribution in [0.3, 0.4) is 0 Å². The average molecular weight is 407 g/mol. The molecule has 2 unspecified atom stereocenters. The van der Waals surface area contributed by atoms with Crippen molar-refractivity contribution in [1.29, 1.82) is 0 Å². The molecule has 0 aromatic heterocycles. The molecular weight excluding hydrogens is 368 g/mol. The number of ether oxygens (including phenoxy) is 2. The van der Waals surface area contributed by atoms with Gasteiger partial charge in [-0.15, -0.1) is 0 Å². The molecule has 4 aliphatic rings. The molecule has 1 aromatic rings. The molecular formula is C28H38O2. The van der Waals surface area contributed by atoms with E-state index in [-0.39, 0.29) is 0 Å². The third kappa shape index (κ3) is 6.31. The SMILES string of the molecule is C(=C\C1CCC(CC2CO2)CC1)/c1ccc(/C=C/C2CCC(CC3CO3)CC2)cc1. The first-order chi connectivity index (χ1) is 14.8. The Morgan fingerprint density at radius 3 is 1.30 bits per heavy atom. The van der Waals surface area contributed by atoms with Crippen LogP contribution in [-0.4, -0.2) is 25.4 Å². The van der Waals surface area contributed by atoms with Crippen molar-refractivity contribution in [2.24, 2.45) is 23.7 Å². The van der Waals surface area contributed by atoms with Gasteiger partial charge in [0.2, 0.25) is 0 Å². The smallest absolute Gasteiger partial charge is 0.0812 e. The third-order valence-corrected chi connectivity index (χ3v) is 7.84. The zero-order valence-corrected chi connectivity index (χ0v) is 18.4. The highest BCUT2D eigenvalue weighted by Crippen LogP contribution is 2.36. The molecule has 2 saturated heterocycles. The third-order valence-electron chi connectivity index (χ3n) is 7.84. The van der Waals surface area contributed by atoms with E-state index in [2.05, 4.69) is 48.6 Å². The molecule has 0 radical (unpaired) electrons. The van der Waals surface area contributed by atoms with Crippen LogP contribution in [0.15, 0.2) is 36.4 Å². The normalized spacial score (nSPS) is 36.4. The first-order valence-corrected chi connectivity index (χ1v) is 12.5. The second-order valence-electron chi connectivity index (χ2n) is 10.3. The number of hydrogen-bond acceptors (Lipinski definition) is 2. The van der Waals surface area contributed by atoms with Crippen LogP contribution in [0.2, 0.25) is 0 Å². The van der Waals surface area contributed by atoms with Crippen LogP contribution in [0.5, 0.6) is 0 Å². The van der Waals surface area contributed by atoms with Crippen molar-refractivity contribution in [2.45, 2.75) is 76.4 Å². The van der Waals surface area contributed by atoms with Gasteiger partial charge in [-0.2, -0.15) is 0 Å². The Hall–Kier alpha value is -1.38. The van der Waals surface area contributed by atoms with E-state index in [1.54, 1.807) is 0 Å². The van der Waals surface area contributed by atoms with E-state index < -0.39 is 0 Å². The summed E-state index contributed by atoms with van der Waals surface area (Å²) in [6, 6.07) is 9.11. The lowest BCUT2D eigenvalue weighted by molar-refractivity contribution is 0.266. The first kappa shape index (κ1) is 20.5. The van der Waals surface area contributed by atoms with E-state index in [1.165, 1.54) is 75.3 Å². The van der Waals surface area contributed by atoms with Gasteiger partial charge in [0.15, 0.2) is 0 Å². The fourth-order valence-electron chi connectivity index (χ4n) is 5.60. The molecule has 2 heteroatoms. The Labute approximate surface area is 182 Å². The fourth-order valence-corrected chi connectivity index (χ4v) is 5.60. The van der Waals surface area contributed by atoms with E-state index in [0.717, 1.165) is 36.9 Å². The summed E-state index contributed by atoms with van der Waals surface area (Å²) in [7, 11) is 0. The molecule has 30 heavy (non-hydrogen) atoms. The van der Waals surface area contributed by atoms with Crippen molar-refractivity contribution < 1.29 is 9.47 Å². The lowest BCUT2D eigenvalue weighted by atomic mass is 9.79. The minimum absolute atomic E-state index is 0.604. The van der Waals surface area contributed by atoms with Crippen LogP contribution in [-0.2, 0) is 9.47 Å². The van der Waals surface area contributed by atoms with E-state index in [0.29, 0.717) is 12.2 Å². The Morgan fingerprint density at radius 2 is 0.967 bits per heavy atom. The van der Waals surface area contributed by atoms with Crippen molar-refractivity contribution >= 4 is 12.2 Å². The van der Waals surface area contributed by atoms with Gasteiger partial charge in [0, 0.05) is 0 Å². The summed E-state index contributed by atoms with van der Waals surface area (Å²) in [5, 5.41) is 0. The molecule has 0 amide bonds. The van der Waals surface area contributed by atoms with Gasteiger partial charge in [0.05, 0.1) is 25.4 Å². The van der Waals surface area contributed by atoms with E-state index in [9.17, 15) is 0 Å². The number of benzene rings is 1. The second kappa shape index (κ2) is 9.83. The van der Waals surface area contributed by atoms with E-state index in [1.807, 2.05) is 0 Å². The largest absolute Gasteiger partial charge is 0.373 e. The van der Waals surface area contributed by atoms with Crippen molar-refractivity contribution in [3.05, 3.63) is 47.5 Å². The van der Waals surface area contributed by atoms with Gasteiger partial charge in [-0.3, -0.25) is 0 Å². The van der Waals surface area contributed by atoms with Gasteiger partial charge in [-0.25, -0.2) is 0 Å². The Bertz CT molecular complexity index is 647. The zero-order chi connectivity index (χ0) is 20.2. The van der Waals surface area contributed by atoms with Crippen LogP contribution in [0.1, 0.15) is 75.3 Å². The van der Waals surface area contributed by atoms with Crippen molar-refractivity contribution in [3.8, 4) is 0 Å². The molecule has 2 saturated carbocycles. The summed E-state index contributed by atoms with van der Waals surface area (Å²) in [4.78, 5) is 0. The van der Waals surface area contributed by atoms with Crippen LogP contribution in [0, 0.1) is 23.7 Å². The van der Waals surface area contributed by atoms with Crippen LogP contribution >= 0.6 is 0 Å². The Kier molecular flexibility index (Phi) is 6.72. The molecule has 0 N–H and O–H groups in total. The molecule has 1 aromatic carbocycles. The molecule has 2 aliphatic carbocycles. The van der Waals surface area contributed by atoms with Crippen LogP contribution < -0.4 is 0 Å². The van der Waals surface area contributed by atoms with Gasteiger partial charge in [0.25, 0.3) is 0 Å². The Morgan fingerprint density at radius 1 is 0.600 bits per heavy atom. The van der Waals surface area contributed by atoms with Gasteiger partial charge in [-0.1, -0.05) is 48.6 Å². The number of hydrogen-bond donors (Lipinski definition) is 0. The predicted octanol–water partition coefficient (Wildman–Crippen LogP) is 6.90.